The Morgan fingerprint density at radius 2 is 2.00 bits per heavy atom. The number of rotatable bonds is 4. The fourth-order valence-corrected chi connectivity index (χ4v) is 3.48. The van der Waals surface area contributed by atoms with Crippen molar-refractivity contribution in [3.05, 3.63) is 23.8 Å². The zero-order chi connectivity index (χ0) is 14.8. The number of carboxylic acid groups (broad SMARTS) is 1. The predicted octanol–water partition coefficient (Wildman–Crippen LogP) is 0.414. The summed E-state index contributed by atoms with van der Waals surface area (Å²) >= 11 is 0. The summed E-state index contributed by atoms with van der Waals surface area (Å²) < 4.78 is 36.4. The second kappa shape index (κ2) is 5.78. The quantitative estimate of drug-likeness (QED) is 0.866. The third-order valence-electron chi connectivity index (χ3n) is 3.00. The van der Waals surface area contributed by atoms with Crippen molar-refractivity contribution < 1.29 is 27.8 Å². The number of ether oxygens (including phenoxy) is 2. The molecule has 0 saturated carbocycles. The van der Waals surface area contributed by atoms with Gasteiger partial charge in [0.1, 0.15) is 10.6 Å². The van der Waals surface area contributed by atoms with Crippen molar-refractivity contribution >= 4 is 16.0 Å². The maximum atomic E-state index is 12.5. The number of hydrogen-bond donors (Lipinski definition) is 1. The molecule has 0 radical (unpaired) electrons. The number of aromatic carboxylic acids is 1. The van der Waals surface area contributed by atoms with E-state index in [1.54, 1.807) is 0 Å². The summed E-state index contributed by atoms with van der Waals surface area (Å²) in [5.74, 6) is -1.12. The van der Waals surface area contributed by atoms with Gasteiger partial charge in [0.25, 0.3) is 0 Å². The zero-order valence-electron chi connectivity index (χ0n) is 10.9. The summed E-state index contributed by atoms with van der Waals surface area (Å²) in [5, 5.41) is 8.92. The molecule has 0 atom stereocenters. The minimum Gasteiger partial charge on any atom is -0.495 e. The van der Waals surface area contributed by atoms with Gasteiger partial charge in [-0.1, -0.05) is 0 Å². The minimum atomic E-state index is -3.71. The Hall–Kier alpha value is -1.64. The molecule has 1 saturated heterocycles. The SMILES string of the molecule is COc1cc(C(=O)O)ccc1S(=O)(=O)N1CCOCC1. The highest BCUT2D eigenvalue weighted by Crippen LogP contribution is 2.28. The van der Waals surface area contributed by atoms with E-state index in [1.807, 2.05) is 0 Å². The molecule has 1 aliphatic rings. The van der Waals surface area contributed by atoms with E-state index in [4.69, 9.17) is 14.6 Å². The third-order valence-corrected chi connectivity index (χ3v) is 4.94. The molecule has 1 heterocycles. The number of benzene rings is 1. The van der Waals surface area contributed by atoms with Gasteiger partial charge in [-0.3, -0.25) is 0 Å². The van der Waals surface area contributed by atoms with E-state index in [0.29, 0.717) is 13.2 Å². The van der Waals surface area contributed by atoms with E-state index in [1.165, 1.54) is 29.6 Å². The van der Waals surface area contributed by atoms with Gasteiger partial charge >= 0.3 is 5.97 Å². The van der Waals surface area contributed by atoms with Gasteiger partial charge in [0.2, 0.25) is 10.0 Å². The first-order chi connectivity index (χ1) is 9.46. The van der Waals surface area contributed by atoms with Crippen LogP contribution >= 0.6 is 0 Å². The third kappa shape index (κ3) is 2.77. The summed E-state index contributed by atoms with van der Waals surface area (Å²) in [6, 6.07) is 3.71. The van der Waals surface area contributed by atoms with Crippen LogP contribution in [0.2, 0.25) is 0 Å². The Bertz CT molecular complexity index is 606. The van der Waals surface area contributed by atoms with Gasteiger partial charge in [0.15, 0.2) is 0 Å². The van der Waals surface area contributed by atoms with Crippen molar-refractivity contribution in [2.75, 3.05) is 33.4 Å². The zero-order valence-corrected chi connectivity index (χ0v) is 11.7. The first kappa shape index (κ1) is 14.8. The van der Waals surface area contributed by atoms with Crippen molar-refractivity contribution in [2.24, 2.45) is 0 Å². The molecule has 1 aromatic rings. The second-order valence-electron chi connectivity index (χ2n) is 4.19. The van der Waals surface area contributed by atoms with Gasteiger partial charge < -0.3 is 14.6 Å². The molecule has 110 valence electrons. The smallest absolute Gasteiger partial charge is 0.335 e. The summed E-state index contributed by atoms with van der Waals surface area (Å²) in [6.45, 7) is 1.22. The average Bonchev–Trinajstić information content (AvgIpc) is 2.47. The molecule has 0 spiro atoms. The van der Waals surface area contributed by atoms with E-state index < -0.39 is 16.0 Å². The normalized spacial score (nSPS) is 16.9. The molecule has 1 fully saturated rings. The van der Waals surface area contributed by atoms with Crippen LogP contribution in [0.3, 0.4) is 0 Å². The number of carbonyl (C=O) groups is 1. The maximum Gasteiger partial charge on any atom is 0.335 e. The van der Waals surface area contributed by atoms with Crippen molar-refractivity contribution in [1.82, 2.24) is 4.31 Å². The molecule has 1 aromatic carbocycles. The molecule has 0 unspecified atom stereocenters. The Morgan fingerprint density at radius 1 is 1.35 bits per heavy atom. The van der Waals surface area contributed by atoms with Gasteiger partial charge in [-0.05, 0) is 18.2 Å². The molecule has 0 aromatic heterocycles. The molecule has 8 heteroatoms. The van der Waals surface area contributed by atoms with Crippen molar-refractivity contribution in [3.63, 3.8) is 0 Å². The van der Waals surface area contributed by atoms with Gasteiger partial charge in [-0.2, -0.15) is 4.31 Å². The van der Waals surface area contributed by atoms with Crippen LogP contribution in [0.5, 0.6) is 5.75 Å². The summed E-state index contributed by atoms with van der Waals surface area (Å²) in [5.41, 5.74) is -0.0252. The van der Waals surface area contributed by atoms with Crippen LogP contribution in [0, 0.1) is 0 Å². The minimum absolute atomic E-state index is 0.0244. The lowest BCUT2D eigenvalue weighted by atomic mass is 10.2. The van der Waals surface area contributed by atoms with Gasteiger partial charge in [-0.15, -0.1) is 0 Å². The number of hydrogen-bond acceptors (Lipinski definition) is 5. The van der Waals surface area contributed by atoms with E-state index >= 15 is 0 Å². The number of morpholine rings is 1. The van der Waals surface area contributed by atoms with Gasteiger partial charge in [0.05, 0.1) is 25.9 Å². The fourth-order valence-electron chi connectivity index (χ4n) is 1.94. The summed E-state index contributed by atoms with van der Waals surface area (Å²) in [4.78, 5) is 10.9. The first-order valence-electron chi connectivity index (χ1n) is 5.96. The number of methoxy groups -OCH3 is 1. The van der Waals surface area contributed by atoms with Crippen LogP contribution in [0.1, 0.15) is 10.4 Å². The van der Waals surface area contributed by atoms with E-state index in [2.05, 4.69) is 0 Å². The Balaban J connectivity index is 2.42. The Kier molecular flexibility index (Phi) is 4.26. The lowest BCUT2D eigenvalue weighted by Crippen LogP contribution is -2.40. The molecular weight excluding hydrogens is 286 g/mol. The molecule has 1 aliphatic heterocycles. The van der Waals surface area contributed by atoms with Crippen molar-refractivity contribution in [2.45, 2.75) is 4.90 Å². The number of carboxylic acids is 1. The summed E-state index contributed by atoms with van der Waals surface area (Å²) in [7, 11) is -2.41. The molecule has 20 heavy (non-hydrogen) atoms. The van der Waals surface area contributed by atoms with Gasteiger partial charge in [0, 0.05) is 13.1 Å². The second-order valence-corrected chi connectivity index (χ2v) is 6.09. The van der Waals surface area contributed by atoms with Crippen LogP contribution in [-0.4, -0.2) is 57.2 Å². The van der Waals surface area contributed by atoms with Crippen molar-refractivity contribution in [1.29, 1.82) is 0 Å². The maximum absolute atomic E-state index is 12.5. The van der Waals surface area contributed by atoms with Crippen LogP contribution in [0.15, 0.2) is 23.1 Å². The van der Waals surface area contributed by atoms with Crippen LogP contribution in [-0.2, 0) is 14.8 Å². The molecule has 7 nitrogen and oxygen atoms in total. The largest absolute Gasteiger partial charge is 0.495 e. The van der Waals surface area contributed by atoms with Crippen LogP contribution < -0.4 is 4.74 Å². The van der Waals surface area contributed by atoms with Crippen molar-refractivity contribution in [3.8, 4) is 5.75 Å². The van der Waals surface area contributed by atoms with Gasteiger partial charge in [-0.25, -0.2) is 13.2 Å². The highest BCUT2D eigenvalue weighted by Gasteiger charge is 2.29. The predicted molar refractivity (Wildman–Crippen MR) is 69.5 cm³/mol. The molecule has 1 N–H and O–H groups in total. The fraction of sp³-hybridized carbons (Fsp3) is 0.417. The van der Waals surface area contributed by atoms with Crippen LogP contribution in [0.4, 0.5) is 0 Å². The summed E-state index contributed by atoms with van der Waals surface area (Å²) in [6.07, 6.45) is 0. The number of nitrogens with zero attached hydrogens (tertiary/aromatic N) is 1. The highest BCUT2D eigenvalue weighted by atomic mass is 32.2. The molecule has 2 rings (SSSR count). The molecule has 0 bridgehead atoms. The van der Waals surface area contributed by atoms with E-state index in [9.17, 15) is 13.2 Å². The van der Waals surface area contributed by atoms with E-state index in [-0.39, 0.29) is 29.3 Å². The first-order valence-corrected chi connectivity index (χ1v) is 7.40. The molecule has 0 amide bonds. The van der Waals surface area contributed by atoms with Crippen LogP contribution in [0.25, 0.3) is 0 Å². The monoisotopic (exact) mass is 301 g/mol. The average molecular weight is 301 g/mol. The molecule has 0 aliphatic carbocycles. The molecular formula is C12H15NO6S. The number of sulfonamides is 1. The Morgan fingerprint density at radius 3 is 2.55 bits per heavy atom. The standard InChI is InChI=1S/C12H15NO6S/c1-18-10-8-9(12(14)15)2-3-11(10)20(16,17)13-4-6-19-7-5-13/h2-3,8H,4-7H2,1H3,(H,14,15). The van der Waals surface area contributed by atoms with E-state index in [0.717, 1.165) is 0 Å². The lowest BCUT2D eigenvalue weighted by molar-refractivity contribution is 0.0696. The Labute approximate surface area is 116 Å². The topological polar surface area (TPSA) is 93.1 Å². The highest BCUT2D eigenvalue weighted by molar-refractivity contribution is 7.89. The lowest BCUT2D eigenvalue weighted by Gasteiger charge is -2.26.